The summed E-state index contributed by atoms with van der Waals surface area (Å²) in [4.78, 5) is 8.44. The Balaban J connectivity index is 2.71. The smallest absolute Gasteiger partial charge is 0.148 e. The summed E-state index contributed by atoms with van der Waals surface area (Å²) in [6, 6.07) is 1.65. The standard InChI is InChI=1S/C10H15ClN2O2S2/c1-7(2)10-12-8(11)6-9(13-10)16-4-5-17(3,14)15/h6-7H,4-5H2,1-3H3. The molecule has 0 aliphatic carbocycles. The topological polar surface area (TPSA) is 59.9 Å². The van der Waals surface area contributed by atoms with E-state index in [-0.39, 0.29) is 11.7 Å². The summed E-state index contributed by atoms with van der Waals surface area (Å²) in [5, 5.41) is 1.11. The van der Waals surface area contributed by atoms with Gasteiger partial charge in [-0.1, -0.05) is 25.4 Å². The molecule has 0 aliphatic rings. The molecule has 0 saturated heterocycles. The molecule has 1 aromatic heterocycles. The Morgan fingerprint density at radius 1 is 1.41 bits per heavy atom. The normalized spacial score (nSPS) is 12.1. The fourth-order valence-corrected chi connectivity index (χ4v) is 3.40. The van der Waals surface area contributed by atoms with Crippen LogP contribution in [0.25, 0.3) is 0 Å². The average Bonchev–Trinajstić information content (AvgIpc) is 2.14. The number of hydrogen-bond donors (Lipinski definition) is 0. The van der Waals surface area contributed by atoms with E-state index in [1.54, 1.807) is 6.07 Å². The highest BCUT2D eigenvalue weighted by Crippen LogP contribution is 2.21. The maximum Gasteiger partial charge on any atom is 0.148 e. The zero-order valence-corrected chi connectivity index (χ0v) is 12.4. The lowest BCUT2D eigenvalue weighted by atomic mass is 10.2. The fraction of sp³-hybridized carbons (Fsp3) is 0.600. The second-order valence-corrected chi connectivity index (χ2v) is 7.78. The minimum atomic E-state index is -2.93. The molecule has 0 saturated carbocycles. The summed E-state index contributed by atoms with van der Waals surface area (Å²) in [6.45, 7) is 3.97. The Morgan fingerprint density at radius 3 is 2.59 bits per heavy atom. The lowest BCUT2D eigenvalue weighted by Crippen LogP contribution is -2.05. The molecule has 0 spiro atoms. The third-order valence-corrected chi connectivity index (χ3v) is 4.22. The van der Waals surface area contributed by atoms with Crippen molar-refractivity contribution in [3.63, 3.8) is 0 Å². The second kappa shape index (κ2) is 6.02. The first-order valence-electron chi connectivity index (χ1n) is 5.13. The zero-order chi connectivity index (χ0) is 13.1. The van der Waals surface area contributed by atoms with Gasteiger partial charge in [-0.05, 0) is 0 Å². The lowest BCUT2D eigenvalue weighted by Gasteiger charge is -2.06. The van der Waals surface area contributed by atoms with Crippen molar-refractivity contribution in [2.75, 3.05) is 17.8 Å². The van der Waals surface area contributed by atoms with Crippen LogP contribution in [0.15, 0.2) is 11.1 Å². The zero-order valence-electron chi connectivity index (χ0n) is 9.97. The molecule has 7 heteroatoms. The largest absolute Gasteiger partial charge is 0.229 e. The van der Waals surface area contributed by atoms with E-state index in [9.17, 15) is 8.42 Å². The lowest BCUT2D eigenvalue weighted by molar-refractivity contribution is 0.603. The Bertz CT molecular complexity index is 489. The van der Waals surface area contributed by atoms with Gasteiger partial charge in [0.15, 0.2) is 0 Å². The number of halogens is 1. The Hall–Kier alpha value is -0.330. The van der Waals surface area contributed by atoms with Crippen molar-refractivity contribution in [3.05, 3.63) is 17.0 Å². The van der Waals surface area contributed by atoms with E-state index >= 15 is 0 Å². The molecule has 0 unspecified atom stereocenters. The molecule has 0 fully saturated rings. The van der Waals surface area contributed by atoms with Gasteiger partial charge in [-0.3, -0.25) is 0 Å². The molecule has 17 heavy (non-hydrogen) atoms. The molecule has 0 aromatic carbocycles. The quantitative estimate of drug-likeness (QED) is 0.616. The molecule has 0 radical (unpaired) electrons. The molecular weight excluding hydrogens is 280 g/mol. The van der Waals surface area contributed by atoms with E-state index in [0.717, 1.165) is 5.03 Å². The SMILES string of the molecule is CC(C)c1nc(Cl)cc(SCCS(C)(=O)=O)n1. The Kier molecular flexibility index (Phi) is 5.22. The third-order valence-electron chi connectivity index (χ3n) is 1.91. The monoisotopic (exact) mass is 294 g/mol. The van der Waals surface area contributed by atoms with Gasteiger partial charge in [0.1, 0.15) is 25.8 Å². The van der Waals surface area contributed by atoms with Crippen molar-refractivity contribution < 1.29 is 8.42 Å². The van der Waals surface area contributed by atoms with Crippen molar-refractivity contribution in [2.24, 2.45) is 0 Å². The number of aromatic nitrogens is 2. The summed E-state index contributed by atoms with van der Waals surface area (Å²) in [7, 11) is -2.93. The molecule has 0 bridgehead atoms. The predicted molar refractivity (Wildman–Crippen MR) is 71.6 cm³/mol. The summed E-state index contributed by atoms with van der Waals surface area (Å²) < 4.78 is 22.0. The van der Waals surface area contributed by atoms with Crippen LogP contribution in [0.5, 0.6) is 0 Å². The van der Waals surface area contributed by atoms with Gasteiger partial charge in [-0.2, -0.15) is 0 Å². The van der Waals surface area contributed by atoms with Crippen LogP contribution in [0.1, 0.15) is 25.6 Å². The molecule has 0 aliphatic heterocycles. The van der Waals surface area contributed by atoms with Crippen LogP contribution in [0.2, 0.25) is 5.15 Å². The maximum atomic E-state index is 11.0. The van der Waals surface area contributed by atoms with Crippen molar-refractivity contribution >= 4 is 33.2 Å². The molecule has 1 rings (SSSR count). The van der Waals surface area contributed by atoms with Crippen LogP contribution in [-0.4, -0.2) is 36.1 Å². The highest BCUT2D eigenvalue weighted by Gasteiger charge is 2.08. The first kappa shape index (κ1) is 14.7. The Labute approximate surface area is 111 Å². The first-order valence-corrected chi connectivity index (χ1v) is 8.55. The molecule has 1 aromatic rings. The van der Waals surface area contributed by atoms with Gasteiger partial charge in [-0.25, -0.2) is 18.4 Å². The summed E-state index contributed by atoms with van der Waals surface area (Å²) >= 11 is 7.26. The number of thioether (sulfide) groups is 1. The third kappa shape index (κ3) is 5.70. The van der Waals surface area contributed by atoms with Crippen LogP contribution in [0.4, 0.5) is 0 Å². The van der Waals surface area contributed by atoms with Crippen LogP contribution in [0.3, 0.4) is 0 Å². The predicted octanol–water partition coefficient (Wildman–Crippen LogP) is 2.39. The number of nitrogens with zero attached hydrogens (tertiary/aromatic N) is 2. The summed E-state index contributed by atoms with van der Waals surface area (Å²) in [5.41, 5.74) is 0. The van der Waals surface area contributed by atoms with Crippen LogP contribution < -0.4 is 0 Å². The minimum Gasteiger partial charge on any atom is -0.229 e. The highest BCUT2D eigenvalue weighted by molar-refractivity contribution is 8.00. The summed E-state index contributed by atoms with van der Waals surface area (Å²) in [5.74, 6) is 1.49. The molecule has 0 amide bonds. The van der Waals surface area contributed by atoms with E-state index in [0.29, 0.717) is 16.7 Å². The minimum absolute atomic E-state index is 0.135. The summed E-state index contributed by atoms with van der Waals surface area (Å²) in [6.07, 6.45) is 1.22. The van der Waals surface area contributed by atoms with Crippen molar-refractivity contribution in [1.82, 2.24) is 9.97 Å². The average molecular weight is 295 g/mol. The fourth-order valence-electron chi connectivity index (χ4n) is 1.04. The highest BCUT2D eigenvalue weighted by atomic mass is 35.5. The van der Waals surface area contributed by atoms with Crippen LogP contribution in [-0.2, 0) is 9.84 Å². The van der Waals surface area contributed by atoms with Crippen molar-refractivity contribution in [1.29, 1.82) is 0 Å². The number of rotatable bonds is 5. The van der Waals surface area contributed by atoms with Gasteiger partial charge in [0.2, 0.25) is 0 Å². The van der Waals surface area contributed by atoms with E-state index in [4.69, 9.17) is 11.6 Å². The van der Waals surface area contributed by atoms with E-state index in [1.165, 1.54) is 18.0 Å². The van der Waals surface area contributed by atoms with E-state index < -0.39 is 9.84 Å². The Morgan fingerprint density at radius 2 is 2.06 bits per heavy atom. The van der Waals surface area contributed by atoms with Crippen molar-refractivity contribution in [2.45, 2.75) is 24.8 Å². The molecular formula is C10H15ClN2O2S2. The van der Waals surface area contributed by atoms with Gasteiger partial charge >= 0.3 is 0 Å². The van der Waals surface area contributed by atoms with E-state index in [2.05, 4.69) is 9.97 Å². The van der Waals surface area contributed by atoms with Gasteiger partial charge in [0.25, 0.3) is 0 Å². The second-order valence-electron chi connectivity index (χ2n) is 4.02. The molecule has 4 nitrogen and oxygen atoms in total. The molecule has 1 heterocycles. The van der Waals surface area contributed by atoms with Gasteiger partial charge in [-0.15, -0.1) is 11.8 Å². The van der Waals surface area contributed by atoms with Gasteiger partial charge in [0.05, 0.1) is 5.75 Å². The molecule has 0 N–H and O–H groups in total. The van der Waals surface area contributed by atoms with Crippen LogP contribution >= 0.6 is 23.4 Å². The van der Waals surface area contributed by atoms with Gasteiger partial charge < -0.3 is 0 Å². The number of sulfone groups is 1. The molecule has 0 atom stereocenters. The first-order chi connectivity index (χ1) is 7.78. The van der Waals surface area contributed by atoms with Crippen molar-refractivity contribution in [3.8, 4) is 0 Å². The molecule has 96 valence electrons. The maximum absolute atomic E-state index is 11.0. The van der Waals surface area contributed by atoms with Gasteiger partial charge in [0, 0.05) is 24.0 Å². The van der Waals surface area contributed by atoms with Crippen LogP contribution in [0, 0.1) is 0 Å². The van der Waals surface area contributed by atoms with E-state index in [1.807, 2.05) is 13.8 Å². The number of hydrogen-bond acceptors (Lipinski definition) is 5.